The Morgan fingerprint density at radius 1 is 1.09 bits per heavy atom. The molecule has 1 fully saturated rings. The van der Waals surface area contributed by atoms with Gasteiger partial charge in [0, 0.05) is 11.6 Å². The number of hydrogen-bond donors (Lipinski definition) is 1. The predicted octanol–water partition coefficient (Wildman–Crippen LogP) is 4.20. The van der Waals surface area contributed by atoms with E-state index in [1.54, 1.807) is 43.5 Å². The quantitative estimate of drug-likeness (QED) is 0.361. The third kappa shape index (κ3) is 4.74. The fraction of sp³-hybridized carbons (Fsp3) is 0.333. The lowest BCUT2D eigenvalue weighted by Crippen LogP contribution is -2.33. The van der Waals surface area contributed by atoms with Crippen molar-refractivity contribution in [3.8, 4) is 11.5 Å². The molecule has 0 spiro atoms. The first-order chi connectivity index (χ1) is 15.3. The molecule has 2 aromatic rings. The number of hydrogen-bond acceptors (Lipinski definition) is 6. The highest BCUT2D eigenvalue weighted by Crippen LogP contribution is 2.41. The fourth-order valence-electron chi connectivity index (χ4n) is 3.64. The summed E-state index contributed by atoms with van der Waals surface area (Å²) in [6, 6.07) is 10.9. The third-order valence-electron chi connectivity index (χ3n) is 5.17. The molecule has 7 nitrogen and oxygen atoms in total. The molecule has 1 saturated heterocycles. The zero-order chi connectivity index (χ0) is 23.4. The van der Waals surface area contributed by atoms with Crippen molar-refractivity contribution in [3.05, 3.63) is 64.2 Å². The molecule has 1 aliphatic rings. The number of rotatable bonds is 8. The number of aliphatic hydroxyl groups excluding tert-OH is 1. The number of aliphatic hydroxyl groups is 1. The maximum Gasteiger partial charge on any atom is 0.295 e. The first-order valence-electron chi connectivity index (χ1n) is 10.2. The summed E-state index contributed by atoms with van der Waals surface area (Å²) in [7, 11) is 3.00. The van der Waals surface area contributed by atoms with Crippen molar-refractivity contribution in [1.29, 1.82) is 0 Å². The number of halogens is 1. The van der Waals surface area contributed by atoms with Crippen molar-refractivity contribution in [2.75, 3.05) is 27.4 Å². The molecule has 1 atom stereocenters. The number of ketones is 1. The molecule has 0 radical (unpaired) electrons. The summed E-state index contributed by atoms with van der Waals surface area (Å²) >= 11 is 6.12. The van der Waals surface area contributed by atoms with Gasteiger partial charge in [-0.05, 0) is 49.7 Å². The number of amides is 1. The molecular formula is C24H26ClNO6. The van der Waals surface area contributed by atoms with Crippen molar-refractivity contribution in [1.82, 2.24) is 4.90 Å². The van der Waals surface area contributed by atoms with Crippen LogP contribution in [0.5, 0.6) is 11.5 Å². The van der Waals surface area contributed by atoms with Crippen LogP contribution in [-0.4, -0.2) is 55.2 Å². The number of likely N-dealkylation sites (tertiary alicyclic amines) is 1. The van der Waals surface area contributed by atoms with E-state index < -0.39 is 17.7 Å². The van der Waals surface area contributed by atoms with Gasteiger partial charge in [-0.3, -0.25) is 9.59 Å². The van der Waals surface area contributed by atoms with Gasteiger partial charge in [0.15, 0.2) is 0 Å². The van der Waals surface area contributed by atoms with Gasteiger partial charge in [0.05, 0.1) is 44.1 Å². The normalized spacial score (nSPS) is 17.8. The first-order valence-corrected chi connectivity index (χ1v) is 10.5. The summed E-state index contributed by atoms with van der Waals surface area (Å²) in [6.45, 7) is 4.21. The maximum absolute atomic E-state index is 13.1. The topological polar surface area (TPSA) is 85.3 Å². The van der Waals surface area contributed by atoms with Gasteiger partial charge in [-0.25, -0.2) is 0 Å². The van der Waals surface area contributed by atoms with E-state index >= 15 is 0 Å². The Bertz CT molecular complexity index is 1030. The van der Waals surface area contributed by atoms with Crippen LogP contribution in [0, 0.1) is 0 Å². The summed E-state index contributed by atoms with van der Waals surface area (Å²) in [5.41, 5.74) is 0.845. The van der Waals surface area contributed by atoms with Crippen LogP contribution in [0.1, 0.15) is 31.0 Å². The molecule has 0 bridgehead atoms. The first kappa shape index (κ1) is 23.6. The summed E-state index contributed by atoms with van der Waals surface area (Å²) < 4.78 is 16.2. The molecule has 1 amide bonds. The van der Waals surface area contributed by atoms with Crippen LogP contribution in [0.4, 0.5) is 0 Å². The Morgan fingerprint density at radius 2 is 1.78 bits per heavy atom. The second-order valence-electron chi connectivity index (χ2n) is 7.53. The lowest BCUT2D eigenvalue weighted by atomic mass is 9.95. The highest BCUT2D eigenvalue weighted by Gasteiger charge is 2.46. The van der Waals surface area contributed by atoms with E-state index in [2.05, 4.69) is 0 Å². The summed E-state index contributed by atoms with van der Waals surface area (Å²) in [4.78, 5) is 27.4. The van der Waals surface area contributed by atoms with Gasteiger partial charge in [-0.15, -0.1) is 0 Å². The van der Waals surface area contributed by atoms with Crippen LogP contribution in [-0.2, 0) is 14.3 Å². The highest BCUT2D eigenvalue weighted by molar-refractivity contribution is 6.46. The van der Waals surface area contributed by atoms with Crippen LogP contribution in [0.25, 0.3) is 5.76 Å². The van der Waals surface area contributed by atoms with Crippen molar-refractivity contribution in [3.63, 3.8) is 0 Å². The number of Topliss-reactive ketones (excluding diaryl/α,β-unsaturated/α-hetero) is 1. The lowest BCUT2D eigenvalue weighted by molar-refractivity contribution is -0.140. The molecule has 32 heavy (non-hydrogen) atoms. The SMILES string of the molecule is COc1ccc(C2/C(=C(\O)c3cc(Cl)ccc3OC)C(=O)C(=O)N2CCOC(C)C)cc1. The minimum atomic E-state index is -0.805. The van der Waals surface area contributed by atoms with E-state index in [0.29, 0.717) is 22.1 Å². The van der Waals surface area contributed by atoms with E-state index in [0.717, 1.165) is 0 Å². The smallest absolute Gasteiger partial charge is 0.295 e. The number of carbonyl (C=O) groups excluding carboxylic acids is 2. The largest absolute Gasteiger partial charge is 0.507 e. The van der Waals surface area contributed by atoms with Gasteiger partial charge in [0.25, 0.3) is 11.7 Å². The van der Waals surface area contributed by atoms with Crippen LogP contribution >= 0.6 is 11.6 Å². The Morgan fingerprint density at radius 3 is 2.38 bits per heavy atom. The van der Waals surface area contributed by atoms with Crippen molar-refractivity contribution in [2.24, 2.45) is 0 Å². The van der Waals surface area contributed by atoms with Gasteiger partial charge >= 0.3 is 0 Å². The molecule has 0 aromatic heterocycles. The summed E-state index contributed by atoms with van der Waals surface area (Å²) in [5.74, 6) is -0.883. The molecule has 1 unspecified atom stereocenters. The monoisotopic (exact) mass is 459 g/mol. The average molecular weight is 460 g/mol. The Balaban J connectivity index is 2.15. The second-order valence-corrected chi connectivity index (χ2v) is 7.97. The van der Waals surface area contributed by atoms with Crippen LogP contribution in [0.15, 0.2) is 48.0 Å². The minimum Gasteiger partial charge on any atom is -0.507 e. The minimum absolute atomic E-state index is 0.0259. The van der Waals surface area contributed by atoms with E-state index in [-0.39, 0.29) is 36.2 Å². The van der Waals surface area contributed by atoms with E-state index in [1.807, 2.05) is 13.8 Å². The molecule has 2 aromatic carbocycles. The maximum atomic E-state index is 13.1. The summed E-state index contributed by atoms with van der Waals surface area (Å²) in [6.07, 6.45) is -0.0259. The fourth-order valence-corrected chi connectivity index (χ4v) is 3.81. The van der Waals surface area contributed by atoms with Gasteiger partial charge < -0.3 is 24.2 Å². The van der Waals surface area contributed by atoms with Gasteiger partial charge in [-0.2, -0.15) is 0 Å². The number of nitrogens with zero attached hydrogens (tertiary/aromatic N) is 1. The number of benzene rings is 2. The van der Waals surface area contributed by atoms with Gasteiger partial charge in [0.2, 0.25) is 0 Å². The standard InChI is InChI=1S/C24H26ClNO6/c1-14(2)32-12-11-26-21(15-5-8-17(30-3)9-6-15)20(23(28)24(26)29)22(27)18-13-16(25)7-10-19(18)31-4/h5-10,13-14,21,27H,11-12H2,1-4H3/b22-20+. The molecular weight excluding hydrogens is 434 g/mol. The van der Waals surface area contributed by atoms with Gasteiger partial charge in [-0.1, -0.05) is 23.7 Å². The van der Waals surface area contributed by atoms with Crippen molar-refractivity contribution >= 4 is 29.1 Å². The molecule has 8 heteroatoms. The van der Waals surface area contributed by atoms with E-state index in [4.69, 9.17) is 25.8 Å². The third-order valence-corrected chi connectivity index (χ3v) is 5.41. The summed E-state index contributed by atoms with van der Waals surface area (Å²) in [5, 5.41) is 11.5. The molecule has 1 N–H and O–H groups in total. The zero-order valence-electron chi connectivity index (χ0n) is 18.4. The zero-order valence-corrected chi connectivity index (χ0v) is 19.2. The van der Waals surface area contributed by atoms with Crippen molar-refractivity contribution in [2.45, 2.75) is 26.0 Å². The highest BCUT2D eigenvalue weighted by atomic mass is 35.5. The number of carbonyl (C=O) groups is 2. The molecule has 1 heterocycles. The number of methoxy groups -OCH3 is 2. The Kier molecular flexibility index (Phi) is 7.43. The molecule has 170 valence electrons. The Hall–Kier alpha value is -3.03. The molecule has 0 aliphatic carbocycles. The average Bonchev–Trinajstić information content (AvgIpc) is 3.03. The van der Waals surface area contributed by atoms with Crippen LogP contribution in [0.2, 0.25) is 5.02 Å². The number of ether oxygens (including phenoxy) is 3. The molecule has 1 aliphatic heterocycles. The van der Waals surface area contributed by atoms with Crippen LogP contribution < -0.4 is 9.47 Å². The molecule has 0 saturated carbocycles. The predicted molar refractivity (Wildman–Crippen MR) is 121 cm³/mol. The van der Waals surface area contributed by atoms with Gasteiger partial charge in [0.1, 0.15) is 17.3 Å². The van der Waals surface area contributed by atoms with Crippen LogP contribution in [0.3, 0.4) is 0 Å². The van der Waals surface area contributed by atoms with E-state index in [9.17, 15) is 14.7 Å². The van der Waals surface area contributed by atoms with Crippen molar-refractivity contribution < 1.29 is 28.9 Å². The Labute approximate surface area is 192 Å². The lowest BCUT2D eigenvalue weighted by Gasteiger charge is -2.26. The second kappa shape index (κ2) is 10.1. The van der Waals surface area contributed by atoms with E-state index in [1.165, 1.54) is 18.1 Å². The molecule has 3 rings (SSSR count).